The summed E-state index contributed by atoms with van der Waals surface area (Å²) in [5, 5.41) is 10.3. The maximum absolute atomic E-state index is 12.7. The zero-order valence-electron chi connectivity index (χ0n) is 17.6. The van der Waals surface area contributed by atoms with Gasteiger partial charge in [0.25, 0.3) is 5.91 Å². The number of benzene rings is 1. The number of nitrogens with one attached hydrogen (secondary N) is 3. The smallest absolute Gasteiger partial charge is 0.370 e. The van der Waals surface area contributed by atoms with Crippen LogP contribution in [0.25, 0.3) is 5.65 Å². The van der Waals surface area contributed by atoms with Crippen molar-refractivity contribution in [2.24, 2.45) is 0 Å². The molecule has 0 fully saturated rings. The third kappa shape index (κ3) is 5.06. The second-order valence-electron chi connectivity index (χ2n) is 7.13. The van der Waals surface area contributed by atoms with E-state index < -0.39 is 17.8 Å². The van der Waals surface area contributed by atoms with Crippen LogP contribution < -0.4 is 16.0 Å². The number of hydrogen-bond acceptors (Lipinski definition) is 7. The summed E-state index contributed by atoms with van der Waals surface area (Å²) in [6.45, 7) is 4.46. The lowest BCUT2D eigenvalue weighted by Crippen LogP contribution is -2.27. The fourth-order valence-corrected chi connectivity index (χ4v) is 3.92. The largest absolute Gasteiger partial charge is 0.416 e. The molecule has 12 heteroatoms. The summed E-state index contributed by atoms with van der Waals surface area (Å²) in [5.41, 5.74) is 0.638. The molecule has 0 aliphatic rings. The molecule has 1 unspecified atom stereocenters. The van der Waals surface area contributed by atoms with E-state index in [1.165, 1.54) is 29.7 Å². The van der Waals surface area contributed by atoms with Crippen LogP contribution in [0.2, 0.25) is 0 Å². The van der Waals surface area contributed by atoms with Crippen molar-refractivity contribution in [3.8, 4) is 0 Å². The minimum absolute atomic E-state index is 0.228. The molecule has 1 amide bonds. The summed E-state index contributed by atoms with van der Waals surface area (Å²) in [4.78, 5) is 25.4. The average molecular weight is 476 g/mol. The van der Waals surface area contributed by atoms with Gasteiger partial charge in [0.2, 0.25) is 0 Å². The summed E-state index contributed by atoms with van der Waals surface area (Å²) in [6.07, 6.45) is 2.00. The maximum atomic E-state index is 12.7. The van der Waals surface area contributed by atoms with Crippen LogP contribution in [-0.4, -0.2) is 31.8 Å². The molecule has 4 rings (SSSR count). The molecule has 3 aromatic heterocycles. The fraction of sp³-hybridized carbons (Fsp3) is 0.238. The number of fused-ring (bicyclic) bond motifs is 1. The lowest BCUT2D eigenvalue weighted by Gasteiger charge is -2.11. The lowest BCUT2D eigenvalue weighted by atomic mass is 10.2. The first-order valence-electron chi connectivity index (χ1n) is 10.0. The van der Waals surface area contributed by atoms with E-state index in [1.54, 1.807) is 29.9 Å². The molecule has 4 aromatic rings. The molecule has 8 nitrogen and oxygen atoms in total. The van der Waals surface area contributed by atoms with Crippen LogP contribution in [0, 0.1) is 0 Å². The van der Waals surface area contributed by atoms with Gasteiger partial charge in [0.05, 0.1) is 30.2 Å². The first kappa shape index (κ1) is 22.5. The molecular weight excluding hydrogens is 455 g/mol. The normalized spacial score (nSPS) is 12.5. The zero-order valence-corrected chi connectivity index (χ0v) is 18.5. The Kier molecular flexibility index (Phi) is 6.18. The van der Waals surface area contributed by atoms with Crippen molar-refractivity contribution >= 4 is 39.4 Å². The van der Waals surface area contributed by atoms with Crippen molar-refractivity contribution in [2.75, 3.05) is 17.2 Å². The minimum atomic E-state index is -4.38. The molecule has 0 bridgehead atoms. The van der Waals surface area contributed by atoms with E-state index in [0.29, 0.717) is 27.9 Å². The molecule has 1 aromatic carbocycles. The highest BCUT2D eigenvalue weighted by Crippen LogP contribution is 2.31. The van der Waals surface area contributed by atoms with Gasteiger partial charge in [-0.15, -0.1) is 0 Å². The Morgan fingerprint density at radius 3 is 2.58 bits per heavy atom. The molecule has 0 aliphatic heterocycles. The zero-order chi connectivity index (χ0) is 23.6. The molecule has 3 heterocycles. The number of halogens is 3. The van der Waals surface area contributed by atoms with Crippen LogP contribution in [0.5, 0.6) is 0 Å². The molecule has 1 atom stereocenters. The number of thiazole rings is 1. The number of nitrogens with zero attached hydrogens (tertiary/aromatic N) is 4. The Balaban J connectivity index is 1.42. The van der Waals surface area contributed by atoms with Gasteiger partial charge in [0, 0.05) is 18.4 Å². The molecule has 3 N–H and O–H groups in total. The SMILES string of the molecule is CCNc1cnc2cnc(C(=O)NC(C)c3ncc(Nc4ccc(C(F)(F)F)cc4)s3)cn12. The van der Waals surface area contributed by atoms with Crippen LogP contribution >= 0.6 is 11.3 Å². The van der Waals surface area contributed by atoms with Gasteiger partial charge in [-0.1, -0.05) is 11.3 Å². The summed E-state index contributed by atoms with van der Waals surface area (Å²) < 4.78 is 39.9. The number of amides is 1. The Bertz CT molecular complexity index is 1270. The topological polar surface area (TPSA) is 96.2 Å². The van der Waals surface area contributed by atoms with Crippen LogP contribution in [-0.2, 0) is 6.18 Å². The van der Waals surface area contributed by atoms with Crippen molar-refractivity contribution in [2.45, 2.75) is 26.1 Å². The van der Waals surface area contributed by atoms with E-state index in [-0.39, 0.29) is 11.6 Å². The Hall–Kier alpha value is -3.67. The summed E-state index contributed by atoms with van der Waals surface area (Å²) in [5.74, 6) is 0.393. The predicted molar refractivity (Wildman–Crippen MR) is 120 cm³/mol. The van der Waals surface area contributed by atoms with E-state index >= 15 is 0 Å². The van der Waals surface area contributed by atoms with E-state index in [4.69, 9.17) is 0 Å². The van der Waals surface area contributed by atoms with E-state index in [1.807, 2.05) is 6.92 Å². The number of hydrogen-bond donors (Lipinski definition) is 3. The molecule has 172 valence electrons. The highest BCUT2D eigenvalue weighted by Gasteiger charge is 2.30. The minimum Gasteiger partial charge on any atom is -0.370 e. The van der Waals surface area contributed by atoms with Gasteiger partial charge in [-0.05, 0) is 38.1 Å². The summed E-state index contributed by atoms with van der Waals surface area (Å²) >= 11 is 1.29. The van der Waals surface area contributed by atoms with Gasteiger partial charge in [0.1, 0.15) is 21.5 Å². The van der Waals surface area contributed by atoms with E-state index in [2.05, 4.69) is 30.9 Å². The Morgan fingerprint density at radius 2 is 1.88 bits per heavy atom. The van der Waals surface area contributed by atoms with Gasteiger partial charge in [0.15, 0.2) is 5.65 Å². The standard InChI is InChI=1S/C21H20F3N7OS/c1-3-25-16-9-27-17-8-26-15(11-31(16)17)19(32)29-12(2)20-28-10-18(33-20)30-14-6-4-13(5-7-14)21(22,23)24/h4-12,25,30H,3H2,1-2H3,(H,29,32). The van der Waals surface area contributed by atoms with E-state index in [9.17, 15) is 18.0 Å². The van der Waals surface area contributed by atoms with E-state index in [0.717, 1.165) is 18.0 Å². The Morgan fingerprint density at radius 1 is 1.12 bits per heavy atom. The molecule has 0 radical (unpaired) electrons. The number of carbonyl (C=O) groups is 1. The van der Waals surface area contributed by atoms with Crippen molar-refractivity contribution in [1.82, 2.24) is 24.7 Å². The van der Waals surface area contributed by atoms with Gasteiger partial charge in [-0.3, -0.25) is 9.20 Å². The highest BCUT2D eigenvalue weighted by atomic mass is 32.1. The number of anilines is 3. The number of aromatic nitrogens is 4. The van der Waals surface area contributed by atoms with Crippen LogP contribution in [0.3, 0.4) is 0 Å². The van der Waals surface area contributed by atoms with Crippen LogP contribution in [0.15, 0.2) is 49.1 Å². The molecule has 33 heavy (non-hydrogen) atoms. The molecule has 0 spiro atoms. The summed E-state index contributed by atoms with van der Waals surface area (Å²) in [7, 11) is 0. The number of carbonyl (C=O) groups excluding carboxylic acids is 1. The van der Waals surface area contributed by atoms with Crippen molar-refractivity contribution < 1.29 is 18.0 Å². The lowest BCUT2D eigenvalue weighted by molar-refractivity contribution is -0.137. The maximum Gasteiger partial charge on any atom is 0.416 e. The monoisotopic (exact) mass is 475 g/mol. The second kappa shape index (κ2) is 9.06. The third-order valence-electron chi connectivity index (χ3n) is 4.71. The second-order valence-corrected chi connectivity index (χ2v) is 8.19. The molecular formula is C21H20F3N7OS. The summed E-state index contributed by atoms with van der Waals surface area (Å²) in [6, 6.07) is 4.33. The first-order chi connectivity index (χ1) is 15.7. The highest BCUT2D eigenvalue weighted by molar-refractivity contribution is 7.15. The van der Waals surface area contributed by atoms with Gasteiger partial charge in [-0.25, -0.2) is 15.0 Å². The van der Waals surface area contributed by atoms with Gasteiger partial charge >= 0.3 is 6.18 Å². The average Bonchev–Trinajstić information content (AvgIpc) is 3.41. The molecule has 0 saturated carbocycles. The Labute approximate surface area is 190 Å². The predicted octanol–water partition coefficient (Wildman–Crippen LogP) is 4.87. The van der Waals surface area contributed by atoms with Crippen molar-refractivity contribution in [3.63, 3.8) is 0 Å². The van der Waals surface area contributed by atoms with Crippen molar-refractivity contribution in [1.29, 1.82) is 0 Å². The third-order valence-corrected chi connectivity index (χ3v) is 5.80. The van der Waals surface area contributed by atoms with Crippen molar-refractivity contribution in [3.05, 3.63) is 65.3 Å². The number of rotatable bonds is 7. The first-order valence-corrected chi connectivity index (χ1v) is 10.8. The number of imidazole rings is 1. The van der Waals surface area contributed by atoms with Gasteiger partial charge < -0.3 is 16.0 Å². The van der Waals surface area contributed by atoms with Gasteiger partial charge in [-0.2, -0.15) is 13.2 Å². The quantitative estimate of drug-likeness (QED) is 0.353. The molecule has 0 saturated heterocycles. The molecule has 0 aliphatic carbocycles. The van der Waals surface area contributed by atoms with Crippen LogP contribution in [0.4, 0.5) is 29.7 Å². The van der Waals surface area contributed by atoms with Crippen LogP contribution in [0.1, 0.15) is 40.9 Å². The fourth-order valence-electron chi connectivity index (χ4n) is 3.08. The number of alkyl halides is 3.